The molecule has 0 aromatic heterocycles. The number of fused-ring (bicyclic) bond motifs is 2. The molecule has 2 atom stereocenters. The Labute approximate surface area is 199 Å². The summed E-state index contributed by atoms with van der Waals surface area (Å²) in [4.78, 5) is 14.8. The minimum absolute atomic E-state index is 0.00600. The summed E-state index contributed by atoms with van der Waals surface area (Å²) in [5.74, 6) is -0.488. The highest BCUT2D eigenvalue weighted by atomic mass is 35.5. The van der Waals surface area contributed by atoms with E-state index in [0.29, 0.717) is 18.2 Å². The fourth-order valence-electron chi connectivity index (χ4n) is 5.34. The number of piperidine rings is 1. The van der Waals surface area contributed by atoms with Crippen molar-refractivity contribution in [3.8, 4) is 0 Å². The number of hydrogen-bond acceptors (Lipinski definition) is 4. The van der Waals surface area contributed by atoms with E-state index < -0.39 is 0 Å². The van der Waals surface area contributed by atoms with E-state index >= 15 is 0 Å². The summed E-state index contributed by atoms with van der Waals surface area (Å²) >= 11 is 6.26. The van der Waals surface area contributed by atoms with Gasteiger partial charge in [-0.1, -0.05) is 48.0 Å². The van der Waals surface area contributed by atoms with E-state index in [0.717, 1.165) is 37.1 Å². The third-order valence-corrected chi connectivity index (χ3v) is 7.17. The van der Waals surface area contributed by atoms with Crippen molar-refractivity contribution >= 4 is 17.5 Å². The zero-order valence-electron chi connectivity index (χ0n) is 18.9. The van der Waals surface area contributed by atoms with Crippen LogP contribution in [0, 0.1) is 5.82 Å². The molecule has 1 fully saturated rings. The second-order valence-corrected chi connectivity index (χ2v) is 9.18. The third-order valence-electron chi connectivity index (χ3n) is 6.82. The fourth-order valence-corrected chi connectivity index (χ4v) is 5.57. The Hall–Kier alpha value is -2.25. The summed E-state index contributed by atoms with van der Waals surface area (Å²) in [5.41, 5.74) is 3.05. The van der Waals surface area contributed by atoms with Crippen molar-refractivity contribution in [2.24, 2.45) is 0 Å². The monoisotopic (exact) mass is 472 g/mol. The lowest BCUT2D eigenvalue weighted by Gasteiger charge is -2.44. The molecule has 7 heteroatoms. The van der Waals surface area contributed by atoms with Crippen LogP contribution < -0.4 is 5.32 Å². The molecule has 4 rings (SSSR count). The first-order valence-electron chi connectivity index (χ1n) is 11.2. The summed E-state index contributed by atoms with van der Waals surface area (Å²) in [6, 6.07) is 12.6. The maximum atomic E-state index is 13.4. The summed E-state index contributed by atoms with van der Waals surface area (Å²) in [5, 5.41) is 3.59. The topological polar surface area (TPSA) is 50.8 Å². The number of nitrogens with zero attached hydrogens (tertiary/aromatic N) is 1. The summed E-state index contributed by atoms with van der Waals surface area (Å²) in [7, 11) is 1.51. The van der Waals surface area contributed by atoms with Crippen molar-refractivity contribution in [3.63, 3.8) is 0 Å². The first-order valence-corrected chi connectivity index (χ1v) is 11.6. The number of hydrogen-bond donors (Lipinski definition) is 1. The highest BCUT2D eigenvalue weighted by Gasteiger charge is 2.54. The Morgan fingerprint density at radius 1 is 1.30 bits per heavy atom. The number of methoxy groups -OCH3 is 1. The molecule has 0 bridgehead atoms. The van der Waals surface area contributed by atoms with Crippen molar-refractivity contribution in [2.75, 3.05) is 33.4 Å². The van der Waals surface area contributed by atoms with Gasteiger partial charge in [-0.2, -0.15) is 0 Å². The second kappa shape index (κ2) is 10.3. The molecule has 1 saturated heterocycles. The predicted octanol–water partition coefficient (Wildman–Crippen LogP) is 4.40. The molecule has 2 aromatic carbocycles. The Morgan fingerprint density at radius 3 is 2.76 bits per heavy atom. The highest BCUT2D eigenvalue weighted by Crippen LogP contribution is 2.52. The van der Waals surface area contributed by atoms with E-state index in [2.05, 4.69) is 35.0 Å². The van der Waals surface area contributed by atoms with Crippen LogP contribution in [0.4, 0.5) is 4.39 Å². The molecule has 5 nitrogen and oxygen atoms in total. The number of amides is 1. The van der Waals surface area contributed by atoms with Gasteiger partial charge in [0, 0.05) is 24.1 Å². The van der Waals surface area contributed by atoms with Gasteiger partial charge in [0.25, 0.3) is 0 Å². The van der Waals surface area contributed by atoms with E-state index in [9.17, 15) is 9.18 Å². The molecule has 2 aliphatic rings. The van der Waals surface area contributed by atoms with Gasteiger partial charge < -0.3 is 14.8 Å². The standard InChI is InChI=1S/C26H30ClFN2O3/c1-3-14-33-25-24(29-23(31)17-32-2)20-6-4-5-7-21(20)26(25)10-12-30(13-11-26)16-18-8-9-19(28)15-22(18)27/h3-9,15,24-25H,1,10-14,16-17H2,2H3,(H,29,31)/t24-,25+/m1/s1. The summed E-state index contributed by atoms with van der Waals surface area (Å²) in [6.07, 6.45) is 3.30. The summed E-state index contributed by atoms with van der Waals surface area (Å²) in [6.45, 7) is 6.58. The number of ether oxygens (including phenoxy) is 2. The van der Waals surface area contributed by atoms with Crippen LogP contribution in [-0.4, -0.2) is 50.3 Å². The van der Waals surface area contributed by atoms with Crippen LogP contribution >= 0.6 is 11.6 Å². The highest BCUT2D eigenvalue weighted by molar-refractivity contribution is 6.31. The van der Waals surface area contributed by atoms with Gasteiger partial charge in [0.15, 0.2) is 0 Å². The number of carbonyl (C=O) groups is 1. The molecular weight excluding hydrogens is 443 g/mol. The average molecular weight is 473 g/mol. The van der Waals surface area contributed by atoms with Crippen molar-refractivity contribution in [3.05, 3.63) is 82.6 Å². The predicted molar refractivity (Wildman–Crippen MR) is 127 cm³/mol. The Balaban J connectivity index is 1.58. The molecular formula is C26H30ClFN2O3. The molecule has 176 valence electrons. The molecule has 1 aliphatic heterocycles. The number of nitrogens with one attached hydrogen (secondary N) is 1. The molecule has 1 heterocycles. The Morgan fingerprint density at radius 2 is 2.06 bits per heavy atom. The molecule has 1 spiro atoms. The van der Waals surface area contributed by atoms with E-state index in [-0.39, 0.29) is 35.9 Å². The number of rotatable bonds is 8. The first-order chi connectivity index (χ1) is 16.0. The van der Waals surface area contributed by atoms with Crippen molar-refractivity contribution in [1.29, 1.82) is 0 Å². The average Bonchev–Trinajstić information content (AvgIpc) is 3.04. The van der Waals surface area contributed by atoms with Gasteiger partial charge in [-0.25, -0.2) is 4.39 Å². The molecule has 0 unspecified atom stereocenters. The van der Waals surface area contributed by atoms with Crippen LogP contribution in [0.1, 0.15) is 35.6 Å². The van der Waals surface area contributed by atoms with Gasteiger partial charge in [0.1, 0.15) is 12.4 Å². The van der Waals surface area contributed by atoms with Gasteiger partial charge in [-0.3, -0.25) is 9.69 Å². The second-order valence-electron chi connectivity index (χ2n) is 8.78. The maximum absolute atomic E-state index is 13.4. The molecule has 1 N–H and O–H groups in total. The number of likely N-dealkylation sites (tertiary alicyclic amines) is 1. The van der Waals surface area contributed by atoms with E-state index in [1.807, 2.05) is 6.07 Å². The molecule has 2 aromatic rings. The lowest BCUT2D eigenvalue weighted by atomic mass is 9.71. The van der Waals surface area contributed by atoms with E-state index in [4.69, 9.17) is 21.1 Å². The van der Waals surface area contributed by atoms with Gasteiger partial charge in [-0.05, 0) is 54.8 Å². The van der Waals surface area contributed by atoms with Gasteiger partial charge >= 0.3 is 0 Å². The Bertz CT molecular complexity index is 1010. The van der Waals surface area contributed by atoms with Gasteiger partial charge in [-0.15, -0.1) is 6.58 Å². The maximum Gasteiger partial charge on any atom is 0.246 e. The first kappa shape index (κ1) is 23.9. The molecule has 0 saturated carbocycles. The largest absolute Gasteiger partial charge is 0.375 e. The van der Waals surface area contributed by atoms with Crippen LogP contribution in [0.5, 0.6) is 0 Å². The van der Waals surface area contributed by atoms with Crippen molar-refractivity contribution in [2.45, 2.75) is 36.9 Å². The van der Waals surface area contributed by atoms with Gasteiger partial charge in [0.2, 0.25) is 5.91 Å². The number of halogens is 2. The quantitative estimate of drug-likeness (QED) is 0.578. The zero-order valence-corrected chi connectivity index (χ0v) is 19.6. The van der Waals surface area contributed by atoms with Crippen molar-refractivity contribution < 1.29 is 18.7 Å². The smallest absolute Gasteiger partial charge is 0.246 e. The number of carbonyl (C=O) groups excluding carboxylic acids is 1. The Kier molecular flexibility index (Phi) is 7.49. The minimum Gasteiger partial charge on any atom is -0.375 e. The lowest BCUT2D eigenvalue weighted by molar-refractivity contribution is -0.127. The van der Waals surface area contributed by atoms with Gasteiger partial charge in [0.05, 0.1) is 18.8 Å². The molecule has 1 aliphatic carbocycles. The SMILES string of the molecule is C=CCO[C@H]1[C@H](NC(=O)COC)c2ccccc2C12CCN(Cc1ccc(F)cc1Cl)CC2. The van der Waals surface area contributed by atoms with Crippen LogP contribution in [0.15, 0.2) is 55.1 Å². The third kappa shape index (κ3) is 4.85. The molecule has 1 amide bonds. The summed E-state index contributed by atoms with van der Waals surface area (Å²) < 4.78 is 24.8. The van der Waals surface area contributed by atoms with E-state index in [1.54, 1.807) is 12.1 Å². The zero-order chi connectivity index (χ0) is 23.4. The fraction of sp³-hybridized carbons (Fsp3) is 0.423. The molecule has 0 radical (unpaired) electrons. The van der Waals surface area contributed by atoms with Crippen molar-refractivity contribution in [1.82, 2.24) is 10.2 Å². The van der Waals surface area contributed by atoms with Crippen LogP contribution in [0.25, 0.3) is 0 Å². The minimum atomic E-state index is -0.326. The van der Waals surface area contributed by atoms with E-state index in [1.165, 1.54) is 24.8 Å². The van der Waals surface area contributed by atoms with Crippen LogP contribution in [-0.2, 0) is 26.2 Å². The number of benzene rings is 2. The normalized spacial score (nSPS) is 21.7. The lowest BCUT2D eigenvalue weighted by Crippen LogP contribution is -2.51. The van der Waals surface area contributed by atoms with Crippen LogP contribution in [0.2, 0.25) is 5.02 Å². The molecule has 33 heavy (non-hydrogen) atoms. The van der Waals surface area contributed by atoms with Crippen LogP contribution in [0.3, 0.4) is 0 Å².